The van der Waals surface area contributed by atoms with Gasteiger partial charge in [0, 0.05) is 6.92 Å². The van der Waals surface area contributed by atoms with Crippen molar-refractivity contribution in [2.75, 3.05) is 5.75 Å². The van der Waals surface area contributed by atoms with E-state index in [-0.39, 0.29) is 0 Å². The maximum absolute atomic E-state index is 2.29. The number of rotatable bonds is 4. The highest BCUT2D eigenvalue weighted by molar-refractivity contribution is 7.98. The summed E-state index contributed by atoms with van der Waals surface area (Å²) in [5.41, 5.74) is 0. The highest BCUT2D eigenvalue weighted by atomic mass is 32.2. The predicted molar refractivity (Wildman–Crippen MR) is 53.2 cm³/mol. The van der Waals surface area contributed by atoms with Gasteiger partial charge in [-0.15, -0.1) is 11.8 Å². The second-order valence-electron chi connectivity index (χ2n) is 2.72. The maximum atomic E-state index is 2.29. The summed E-state index contributed by atoms with van der Waals surface area (Å²) in [6.07, 6.45) is 4.30. The molecule has 0 aromatic carbocycles. The van der Waals surface area contributed by atoms with E-state index in [1.807, 2.05) is 11.8 Å². The Morgan fingerprint density at radius 2 is 2.25 bits per heavy atom. The Balaban J connectivity index is 2.66. The molecule has 2 nitrogen and oxygen atoms in total. The average molecular weight is 185 g/mol. The minimum atomic E-state index is 1.07. The largest absolute Gasteiger partial charge is 0.253 e. The molecule has 1 rings (SSSR count). The molecule has 0 aliphatic rings. The lowest BCUT2D eigenvalue weighted by molar-refractivity contribution is -0.681. The van der Waals surface area contributed by atoms with Crippen LogP contribution in [0.5, 0.6) is 0 Å². The van der Waals surface area contributed by atoms with Gasteiger partial charge in [-0.05, 0) is 12.7 Å². The van der Waals surface area contributed by atoms with Gasteiger partial charge < -0.3 is 0 Å². The molecule has 0 aliphatic carbocycles. The summed E-state index contributed by atoms with van der Waals surface area (Å²) >= 11 is 1.95. The van der Waals surface area contributed by atoms with Crippen LogP contribution in [0.2, 0.25) is 0 Å². The molecule has 1 aromatic rings. The molecule has 0 saturated heterocycles. The van der Waals surface area contributed by atoms with Gasteiger partial charge in [0.05, 0.1) is 6.54 Å². The van der Waals surface area contributed by atoms with E-state index in [1.165, 1.54) is 11.6 Å². The smallest absolute Gasteiger partial charge is 0.235 e. The molecular formula is C9H17N2S+. The zero-order valence-corrected chi connectivity index (χ0v) is 8.90. The second-order valence-corrected chi connectivity index (χ2v) is 3.97. The molecule has 3 heteroatoms. The second kappa shape index (κ2) is 4.55. The Hall–Kier alpha value is -0.440. The molecule has 0 radical (unpaired) electrons. The Kier molecular flexibility index (Phi) is 3.66. The van der Waals surface area contributed by atoms with Gasteiger partial charge in [0.2, 0.25) is 0 Å². The van der Waals surface area contributed by atoms with Gasteiger partial charge in [0.1, 0.15) is 18.3 Å². The monoisotopic (exact) mass is 185 g/mol. The normalized spacial score (nSPS) is 10.6. The number of hydrogen-bond acceptors (Lipinski definition) is 1. The van der Waals surface area contributed by atoms with Crippen LogP contribution in [0.15, 0.2) is 12.4 Å². The molecule has 1 aromatic heterocycles. The Morgan fingerprint density at radius 1 is 1.50 bits per heavy atom. The summed E-state index contributed by atoms with van der Waals surface area (Å²) in [6, 6.07) is 0. The third-order valence-electron chi connectivity index (χ3n) is 2.03. The zero-order chi connectivity index (χ0) is 8.97. The third-order valence-corrected chi connectivity index (χ3v) is 2.90. The van der Waals surface area contributed by atoms with Crippen LogP contribution in [-0.2, 0) is 12.4 Å². The van der Waals surface area contributed by atoms with Crippen molar-refractivity contribution in [2.45, 2.75) is 33.2 Å². The highest BCUT2D eigenvalue weighted by Crippen LogP contribution is 2.00. The lowest BCUT2D eigenvalue weighted by atomic mass is 10.6. The van der Waals surface area contributed by atoms with Crippen LogP contribution in [0.1, 0.15) is 19.7 Å². The third kappa shape index (κ3) is 2.03. The van der Waals surface area contributed by atoms with Gasteiger partial charge >= 0.3 is 0 Å². The van der Waals surface area contributed by atoms with Crippen LogP contribution < -0.4 is 4.57 Å². The zero-order valence-electron chi connectivity index (χ0n) is 8.08. The van der Waals surface area contributed by atoms with Crippen LogP contribution in [0, 0.1) is 6.92 Å². The lowest BCUT2D eigenvalue weighted by Gasteiger charge is -1.97. The summed E-state index contributed by atoms with van der Waals surface area (Å²) in [7, 11) is 0. The Morgan fingerprint density at radius 3 is 2.75 bits per heavy atom. The number of aryl methyl sites for hydroxylation is 1. The lowest BCUT2D eigenvalue weighted by Crippen LogP contribution is -2.34. The summed E-state index contributed by atoms with van der Waals surface area (Å²) in [5.74, 6) is 3.61. The number of hydrogen-bond donors (Lipinski definition) is 0. The molecule has 1 heterocycles. The number of nitrogens with zero attached hydrogens (tertiary/aromatic N) is 2. The molecule has 0 fully saturated rings. The molecule has 12 heavy (non-hydrogen) atoms. The predicted octanol–water partition coefficient (Wildman–Crippen LogP) is 1.81. The van der Waals surface area contributed by atoms with Crippen LogP contribution in [0.25, 0.3) is 0 Å². The Labute approximate surface area is 78.6 Å². The number of aromatic nitrogens is 2. The summed E-state index contributed by atoms with van der Waals surface area (Å²) in [5, 5.41) is 0. The van der Waals surface area contributed by atoms with Crippen molar-refractivity contribution in [2.24, 2.45) is 0 Å². The molecule has 0 saturated carbocycles. The molecule has 0 aliphatic heterocycles. The van der Waals surface area contributed by atoms with Crippen molar-refractivity contribution in [3.05, 3.63) is 18.2 Å². The molecule has 0 bridgehead atoms. The van der Waals surface area contributed by atoms with Gasteiger partial charge in [0.15, 0.2) is 0 Å². The topological polar surface area (TPSA) is 8.81 Å². The van der Waals surface area contributed by atoms with E-state index >= 15 is 0 Å². The van der Waals surface area contributed by atoms with E-state index < -0.39 is 0 Å². The fourth-order valence-corrected chi connectivity index (χ4v) is 1.85. The van der Waals surface area contributed by atoms with Crippen LogP contribution in [0.3, 0.4) is 0 Å². The minimum absolute atomic E-state index is 1.07. The fourth-order valence-electron chi connectivity index (χ4n) is 1.20. The van der Waals surface area contributed by atoms with Crippen LogP contribution in [-0.4, -0.2) is 10.3 Å². The van der Waals surface area contributed by atoms with Crippen molar-refractivity contribution in [1.29, 1.82) is 0 Å². The van der Waals surface area contributed by atoms with Gasteiger partial charge in [-0.1, -0.05) is 6.92 Å². The first-order valence-electron chi connectivity index (χ1n) is 4.42. The highest BCUT2D eigenvalue weighted by Gasteiger charge is 2.08. The number of thioether (sulfide) groups is 1. The minimum Gasteiger partial charge on any atom is -0.235 e. The molecule has 0 amide bonds. The van der Waals surface area contributed by atoms with Gasteiger partial charge in [-0.3, -0.25) is 0 Å². The molecule has 0 N–H and O–H groups in total. The van der Waals surface area contributed by atoms with Crippen molar-refractivity contribution >= 4 is 11.8 Å². The van der Waals surface area contributed by atoms with Gasteiger partial charge in [-0.2, -0.15) is 0 Å². The van der Waals surface area contributed by atoms with Gasteiger partial charge in [0.25, 0.3) is 5.82 Å². The molecular weight excluding hydrogens is 168 g/mol. The van der Waals surface area contributed by atoms with E-state index in [1.54, 1.807) is 0 Å². The van der Waals surface area contributed by atoms with Gasteiger partial charge in [-0.25, -0.2) is 9.13 Å². The van der Waals surface area contributed by atoms with Crippen molar-refractivity contribution in [3.8, 4) is 0 Å². The van der Waals surface area contributed by atoms with E-state index in [0.717, 1.165) is 12.4 Å². The summed E-state index contributed by atoms with van der Waals surface area (Å²) < 4.78 is 4.55. The summed E-state index contributed by atoms with van der Waals surface area (Å²) in [4.78, 5) is 0. The Bertz CT molecular complexity index is 243. The number of imidazole rings is 1. The van der Waals surface area contributed by atoms with E-state index in [9.17, 15) is 0 Å². The van der Waals surface area contributed by atoms with Crippen molar-refractivity contribution < 1.29 is 4.57 Å². The first-order chi connectivity index (χ1) is 5.79. The first-order valence-corrected chi connectivity index (χ1v) is 5.58. The van der Waals surface area contributed by atoms with Crippen LogP contribution >= 0.6 is 11.8 Å². The SMILES string of the molecule is CCSC[n+]1ccn(CC)c1C. The maximum Gasteiger partial charge on any atom is 0.253 e. The fraction of sp³-hybridized carbons (Fsp3) is 0.667. The van der Waals surface area contributed by atoms with E-state index in [0.29, 0.717) is 0 Å². The molecule has 0 spiro atoms. The van der Waals surface area contributed by atoms with Crippen LogP contribution in [0.4, 0.5) is 0 Å². The van der Waals surface area contributed by atoms with E-state index in [2.05, 4.69) is 42.3 Å². The average Bonchev–Trinajstić information content (AvgIpc) is 2.43. The quantitative estimate of drug-likeness (QED) is 0.650. The van der Waals surface area contributed by atoms with E-state index in [4.69, 9.17) is 0 Å². The first kappa shape index (κ1) is 9.65. The summed E-state index contributed by atoms with van der Waals surface area (Å²) in [6.45, 7) is 7.59. The van der Waals surface area contributed by atoms with Crippen molar-refractivity contribution in [3.63, 3.8) is 0 Å². The van der Waals surface area contributed by atoms with Crippen molar-refractivity contribution in [1.82, 2.24) is 4.57 Å². The molecule has 0 atom stereocenters. The molecule has 68 valence electrons. The molecule has 0 unspecified atom stereocenters. The standard InChI is InChI=1S/C9H17N2S/c1-4-10-6-7-11(9(10)3)8-12-5-2/h6-7H,4-5,8H2,1-3H3/q+1.